The van der Waals surface area contributed by atoms with Crippen molar-refractivity contribution in [2.24, 2.45) is 0 Å². The summed E-state index contributed by atoms with van der Waals surface area (Å²) in [6.45, 7) is 0.846. The molecule has 8 heteroatoms. The summed E-state index contributed by atoms with van der Waals surface area (Å²) in [5.74, 6) is -3.40. The number of nitrogens with zero attached hydrogens (tertiary/aromatic N) is 1. The monoisotopic (exact) mass is 517 g/mol. The maximum atomic E-state index is 13.6. The molecule has 1 fully saturated rings. The molecule has 0 spiro atoms. The summed E-state index contributed by atoms with van der Waals surface area (Å²) in [4.78, 5) is 16.2. The van der Waals surface area contributed by atoms with Gasteiger partial charge in [0.05, 0.1) is 37.1 Å². The van der Waals surface area contributed by atoms with E-state index >= 15 is 0 Å². The van der Waals surface area contributed by atoms with Gasteiger partial charge in [-0.05, 0) is 54.0 Å². The van der Waals surface area contributed by atoms with Crippen LogP contribution in [0.15, 0.2) is 66.7 Å². The predicted molar refractivity (Wildman–Crippen MR) is 139 cm³/mol. The second-order valence-corrected chi connectivity index (χ2v) is 8.93. The second-order valence-electron chi connectivity index (χ2n) is 8.93. The number of fused-ring (bicyclic) bond motifs is 1. The van der Waals surface area contributed by atoms with Crippen LogP contribution in [0.3, 0.4) is 0 Å². The van der Waals surface area contributed by atoms with Gasteiger partial charge in [-0.2, -0.15) is 0 Å². The van der Waals surface area contributed by atoms with Gasteiger partial charge in [-0.1, -0.05) is 36.4 Å². The van der Waals surface area contributed by atoms with Gasteiger partial charge in [0.25, 0.3) is 0 Å². The lowest BCUT2D eigenvalue weighted by molar-refractivity contribution is -0.170. The summed E-state index contributed by atoms with van der Waals surface area (Å²) in [6, 6.07) is 18.3. The molecule has 0 saturated carbocycles. The van der Waals surface area contributed by atoms with E-state index in [0.717, 1.165) is 23.3 Å². The number of aryl methyl sites for hydroxylation is 1. The molecule has 0 atom stereocenters. The molecule has 2 heterocycles. The highest BCUT2D eigenvalue weighted by molar-refractivity contribution is 5.90. The number of carboxylic acid groups (broad SMARTS) is 1. The number of benzene rings is 3. The molecule has 6 nitrogen and oxygen atoms in total. The molecule has 38 heavy (non-hydrogen) atoms. The van der Waals surface area contributed by atoms with Crippen LogP contribution in [0, 0.1) is 11.6 Å². The maximum Gasteiger partial charge on any atom is 0.336 e. The van der Waals surface area contributed by atoms with Crippen molar-refractivity contribution in [2.75, 3.05) is 20.3 Å². The van der Waals surface area contributed by atoms with Gasteiger partial charge in [-0.3, -0.25) is 0 Å². The zero-order chi connectivity index (χ0) is 26.7. The Morgan fingerprint density at radius 3 is 2.58 bits per heavy atom. The molecular weight excluding hydrogens is 492 g/mol. The number of ether oxygens (including phenoxy) is 3. The first-order chi connectivity index (χ1) is 18.4. The number of carboxylic acids is 1. The molecule has 5 rings (SSSR count). The minimum Gasteiger partial charge on any atom is -0.497 e. The molecule has 0 radical (unpaired) electrons. The van der Waals surface area contributed by atoms with Gasteiger partial charge in [0.1, 0.15) is 5.75 Å². The third-order valence-electron chi connectivity index (χ3n) is 6.55. The molecule has 3 aromatic carbocycles. The number of hydrogen-bond acceptors (Lipinski definition) is 5. The Labute approximate surface area is 218 Å². The second kappa shape index (κ2) is 10.7. The van der Waals surface area contributed by atoms with Crippen molar-refractivity contribution >= 4 is 29.0 Å². The molecule has 0 aliphatic carbocycles. The third kappa shape index (κ3) is 5.27. The zero-order valence-corrected chi connectivity index (χ0v) is 20.6. The lowest BCUT2D eigenvalue weighted by atomic mass is 9.94. The van der Waals surface area contributed by atoms with Gasteiger partial charge in [0, 0.05) is 23.4 Å². The summed E-state index contributed by atoms with van der Waals surface area (Å²) in [5, 5.41) is 10.2. The van der Waals surface area contributed by atoms with Crippen molar-refractivity contribution in [3.8, 4) is 5.75 Å². The first kappa shape index (κ1) is 25.5. The van der Waals surface area contributed by atoms with Crippen molar-refractivity contribution in [3.63, 3.8) is 0 Å². The summed E-state index contributed by atoms with van der Waals surface area (Å²) in [6.07, 6.45) is 4.50. The zero-order valence-electron chi connectivity index (χ0n) is 20.6. The minimum atomic E-state index is -1.02. The Hall–Kier alpha value is -4.14. The predicted octanol–water partition coefficient (Wildman–Crippen LogP) is 6.22. The fourth-order valence-electron chi connectivity index (χ4n) is 4.60. The van der Waals surface area contributed by atoms with Crippen molar-refractivity contribution < 1.29 is 32.9 Å². The largest absolute Gasteiger partial charge is 0.497 e. The quantitative estimate of drug-likeness (QED) is 0.299. The standard InChI is InChI=1S/C30H25F2NO5/c1-36-24-10-7-20(25(17-24)29(34)35)11-12-30(37-13-14-38-30)22-4-2-3-19(15-22)5-8-23-9-6-21-16-26(31)27(32)18-28(21)33-23/h2-10,15-18H,11-14H2,1H3,(H,34,35)/b8-5+. The molecule has 1 N–H and O–H groups in total. The van der Waals surface area contributed by atoms with Crippen molar-refractivity contribution in [1.29, 1.82) is 0 Å². The molecule has 0 amide bonds. The van der Waals surface area contributed by atoms with Crippen molar-refractivity contribution in [1.82, 2.24) is 4.98 Å². The average Bonchev–Trinajstić information content (AvgIpc) is 3.42. The molecule has 1 aliphatic heterocycles. The molecule has 0 bridgehead atoms. The van der Waals surface area contributed by atoms with Crippen LogP contribution in [0.2, 0.25) is 0 Å². The average molecular weight is 518 g/mol. The molecule has 1 aromatic heterocycles. The first-order valence-electron chi connectivity index (χ1n) is 12.1. The molecular formula is C30H25F2NO5. The number of methoxy groups -OCH3 is 1. The van der Waals surface area contributed by atoms with Crippen LogP contribution in [-0.4, -0.2) is 36.4 Å². The molecule has 1 aliphatic rings. The van der Waals surface area contributed by atoms with E-state index in [2.05, 4.69) is 4.98 Å². The van der Waals surface area contributed by atoms with Gasteiger partial charge in [0.15, 0.2) is 17.4 Å². The van der Waals surface area contributed by atoms with Crippen LogP contribution in [0.25, 0.3) is 23.1 Å². The number of aromatic carboxylic acids is 1. The van der Waals surface area contributed by atoms with Crippen LogP contribution in [0.4, 0.5) is 8.78 Å². The Bertz CT molecular complexity index is 1530. The number of hydrogen-bond donors (Lipinski definition) is 1. The van der Waals surface area contributed by atoms with E-state index in [4.69, 9.17) is 14.2 Å². The van der Waals surface area contributed by atoms with Gasteiger partial charge in [-0.25, -0.2) is 18.6 Å². The fraction of sp³-hybridized carbons (Fsp3) is 0.200. The van der Waals surface area contributed by atoms with Crippen molar-refractivity contribution in [3.05, 3.63) is 106 Å². The molecule has 0 unspecified atom stereocenters. The van der Waals surface area contributed by atoms with E-state index < -0.39 is 23.4 Å². The SMILES string of the molecule is COc1ccc(CCC2(c3cccc(/C=C/c4ccc5cc(F)c(F)cc5n4)c3)OCCO2)c(C(=O)O)c1. The Kier molecular flexibility index (Phi) is 7.18. The van der Waals surface area contributed by atoms with Crippen LogP contribution >= 0.6 is 0 Å². The topological polar surface area (TPSA) is 77.9 Å². The lowest BCUT2D eigenvalue weighted by Gasteiger charge is -2.28. The summed E-state index contributed by atoms with van der Waals surface area (Å²) in [7, 11) is 1.49. The number of aromatic nitrogens is 1. The molecule has 1 saturated heterocycles. The number of halogens is 2. The minimum absolute atomic E-state index is 0.180. The van der Waals surface area contributed by atoms with Crippen LogP contribution in [0.5, 0.6) is 5.75 Å². The maximum absolute atomic E-state index is 13.6. The van der Waals surface area contributed by atoms with E-state index in [1.807, 2.05) is 30.3 Å². The van der Waals surface area contributed by atoms with Gasteiger partial charge in [-0.15, -0.1) is 0 Å². The van der Waals surface area contributed by atoms with Gasteiger partial charge < -0.3 is 19.3 Å². The normalized spacial score (nSPS) is 14.8. The van der Waals surface area contributed by atoms with E-state index in [1.165, 1.54) is 13.2 Å². The van der Waals surface area contributed by atoms with E-state index in [9.17, 15) is 18.7 Å². The summed E-state index contributed by atoms with van der Waals surface area (Å²) >= 11 is 0. The Morgan fingerprint density at radius 1 is 1.03 bits per heavy atom. The lowest BCUT2D eigenvalue weighted by Crippen LogP contribution is -2.28. The number of pyridine rings is 1. The van der Waals surface area contributed by atoms with Crippen LogP contribution < -0.4 is 4.74 Å². The van der Waals surface area contributed by atoms with E-state index in [1.54, 1.807) is 30.3 Å². The van der Waals surface area contributed by atoms with E-state index in [-0.39, 0.29) is 5.56 Å². The number of rotatable bonds is 8. The highest BCUT2D eigenvalue weighted by Crippen LogP contribution is 2.37. The van der Waals surface area contributed by atoms with Gasteiger partial charge in [0.2, 0.25) is 0 Å². The summed E-state index contributed by atoms with van der Waals surface area (Å²) in [5.41, 5.74) is 3.48. The van der Waals surface area contributed by atoms with Crippen LogP contribution in [-0.2, 0) is 21.7 Å². The molecule has 194 valence electrons. The Balaban J connectivity index is 1.38. The summed E-state index contributed by atoms with van der Waals surface area (Å²) < 4.78 is 44.5. The third-order valence-corrected chi connectivity index (χ3v) is 6.55. The van der Waals surface area contributed by atoms with Crippen molar-refractivity contribution in [2.45, 2.75) is 18.6 Å². The van der Waals surface area contributed by atoms with E-state index in [0.29, 0.717) is 54.0 Å². The molecule has 4 aromatic rings. The highest BCUT2D eigenvalue weighted by atomic mass is 19.2. The Morgan fingerprint density at radius 2 is 1.82 bits per heavy atom. The highest BCUT2D eigenvalue weighted by Gasteiger charge is 2.38. The fourth-order valence-corrected chi connectivity index (χ4v) is 4.60. The van der Waals surface area contributed by atoms with Crippen LogP contribution in [0.1, 0.15) is 39.2 Å². The smallest absolute Gasteiger partial charge is 0.336 e. The number of carbonyl (C=O) groups is 1. The first-order valence-corrected chi connectivity index (χ1v) is 12.1. The van der Waals surface area contributed by atoms with Gasteiger partial charge >= 0.3 is 5.97 Å².